The van der Waals surface area contributed by atoms with Crippen LogP contribution in [0.5, 0.6) is 0 Å². The molecule has 1 aliphatic rings. The van der Waals surface area contributed by atoms with Gasteiger partial charge in [-0.05, 0) is 32.9 Å². The van der Waals surface area contributed by atoms with Gasteiger partial charge in [0.15, 0.2) is 0 Å². The fourth-order valence-corrected chi connectivity index (χ4v) is 4.90. The van der Waals surface area contributed by atoms with Gasteiger partial charge >= 0.3 is 8.56 Å². The van der Waals surface area contributed by atoms with Crippen molar-refractivity contribution in [1.29, 1.82) is 0 Å². The molecule has 1 saturated heterocycles. The van der Waals surface area contributed by atoms with E-state index in [9.17, 15) is 0 Å². The molecule has 0 N–H and O–H groups in total. The van der Waals surface area contributed by atoms with Gasteiger partial charge in [-0.25, -0.2) is 0 Å². The lowest BCUT2D eigenvalue weighted by Gasteiger charge is -2.41. The number of rotatable bonds is 3. The molecule has 2 nitrogen and oxygen atoms in total. The molecule has 0 radical (unpaired) electrons. The average Bonchev–Trinajstić information content (AvgIpc) is 1.98. The maximum Gasteiger partial charge on any atom is 0.335 e. The minimum absolute atomic E-state index is 0.0486. The maximum absolute atomic E-state index is 6.08. The Kier molecular flexibility index (Phi) is 3.55. The minimum atomic E-state index is -1.79. The number of hydrogen-bond donors (Lipinski definition) is 0. The van der Waals surface area contributed by atoms with Crippen LogP contribution in [0.4, 0.5) is 0 Å². The van der Waals surface area contributed by atoms with Gasteiger partial charge < -0.3 is 8.85 Å². The molecular formula is C10H22O2Si. The summed E-state index contributed by atoms with van der Waals surface area (Å²) in [7, 11) is -1.79. The topological polar surface area (TPSA) is 18.5 Å². The molecule has 0 aliphatic carbocycles. The molecule has 1 aliphatic heterocycles. The standard InChI is InChI=1S/C10H22O2Si/c1-5-6-9-13(4)11-8-7-10(2,3)12-13/h5-9H2,1-4H3. The van der Waals surface area contributed by atoms with Gasteiger partial charge in [-0.3, -0.25) is 0 Å². The van der Waals surface area contributed by atoms with Crippen molar-refractivity contribution < 1.29 is 8.85 Å². The third kappa shape index (κ3) is 3.41. The van der Waals surface area contributed by atoms with Gasteiger partial charge in [0, 0.05) is 6.61 Å². The molecule has 1 unspecified atom stereocenters. The molecule has 1 heterocycles. The first-order valence-electron chi connectivity index (χ1n) is 5.32. The van der Waals surface area contributed by atoms with Crippen molar-refractivity contribution in [2.45, 2.75) is 58.2 Å². The molecule has 1 atom stereocenters. The van der Waals surface area contributed by atoms with E-state index in [1.54, 1.807) is 0 Å². The molecular weight excluding hydrogens is 180 g/mol. The quantitative estimate of drug-likeness (QED) is 0.655. The van der Waals surface area contributed by atoms with Crippen molar-refractivity contribution >= 4 is 8.56 Å². The van der Waals surface area contributed by atoms with Gasteiger partial charge in [0.05, 0.1) is 5.60 Å². The van der Waals surface area contributed by atoms with E-state index in [-0.39, 0.29) is 5.60 Å². The first-order valence-corrected chi connectivity index (χ1v) is 7.84. The van der Waals surface area contributed by atoms with Crippen LogP contribution in [0, 0.1) is 0 Å². The van der Waals surface area contributed by atoms with Crippen LogP contribution < -0.4 is 0 Å². The Hall–Kier alpha value is 0.137. The average molecular weight is 202 g/mol. The zero-order valence-corrected chi connectivity index (χ0v) is 10.4. The Labute approximate surface area is 82.9 Å². The van der Waals surface area contributed by atoms with Crippen LogP contribution in [0.1, 0.15) is 40.0 Å². The van der Waals surface area contributed by atoms with Gasteiger partial charge in [-0.2, -0.15) is 0 Å². The van der Waals surface area contributed by atoms with Crippen LogP contribution in [0.15, 0.2) is 0 Å². The van der Waals surface area contributed by atoms with Gasteiger partial charge in [0.1, 0.15) is 0 Å². The summed E-state index contributed by atoms with van der Waals surface area (Å²) in [5.74, 6) is 0. The fraction of sp³-hybridized carbons (Fsp3) is 1.00. The highest BCUT2D eigenvalue weighted by Crippen LogP contribution is 2.30. The van der Waals surface area contributed by atoms with E-state index in [0.29, 0.717) is 0 Å². The van der Waals surface area contributed by atoms with Crippen molar-refractivity contribution in [3.8, 4) is 0 Å². The fourth-order valence-electron chi connectivity index (χ4n) is 1.80. The lowest BCUT2D eigenvalue weighted by Crippen LogP contribution is -2.51. The van der Waals surface area contributed by atoms with Gasteiger partial charge in [-0.1, -0.05) is 19.8 Å². The Bertz CT molecular complexity index is 170. The second kappa shape index (κ2) is 4.11. The molecule has 0 aromatic carbocycles. The molecule has 3 heteroatoms. The first-order chi connectivity index (χ1) is 5.97. The lowest BCUT2D eigenvalue weighted by atomic mass is 10.1. The molecule has 0 aromatic heterocycles. The second-order valence-corrected chi connectivity index (χ2v) is 7.96. The van der Waals surface area contributed by atoms with Gasteiger partial charge in [0.2, 0.25) is 0 Å². The van der Waals surface area contributed by atoms with E-state index in [1.807, 2.05) is 0 Å². The van der Waals surface area contributed by atoms with E-state index in [1.165, 1.54) is 12.8 Å². The molecule has 0 bridgehead atoms. The van der Waals surface area contributed by atoms with E-state index in [2.05, 4.69) is 27.3 Å². The molecule has 13 heavy (non-hydrogen) atoms. The minimum Gasteiger partial charge on any atom is -0.394 e. The summed E-state index contributed by atoms with van der Waals surface area (Å²) >= 11 is 0. The first kappa shape index (κ1) is 11.2. The SMILES string of the molecule is CCCC[Si]1(C)OCCC(C)(C)O1. The molecule has 0 amide bonds. The van der Waals surface area contributed by atoms with Crippen LogP contribution in [0.3, 0.4) is 0 Å². The van der Waals surface area contributed by atoms with Gasteiger partial charge in [0.25, 0.3) is 0 Å². The van der Waals surface area contributed by atoms with Crippen molar-refractivity contribution in [3.63, 3.8) is 0 Å². The van der Waals surface area contributed by atoms with Gasteiger partial charge in [-0.15, -0.1) is 0 Å². The Morgan fingerprint density at radius 1 is 1.38 bits per heavy atom. The summed E-state index contributed by atoms with van der Waals surface area (Å²) in [6, 6.07) is 1.15. The van der Waals surface area contributed by atoms with Crippen molar-refractivity contribution in [2.24, 2.45) is 0 Å². The Balaban J connectivity index is 2.47. The van der Waals surface area contributed by atoms with E-state index >= 15 is 0 Å². The molecule has 1 rings (SSSR count). The van der Waals surface area contributed by atoms with E-state index in [4.69, 9.17) is 8.85 Å². The maximum atomic E-state index is 6.08. The third-order valence-corrected chi connectivity index (χ3v) is 5.65. The van der Waals surface area contributed by atoms with Crippen molar-refractivity contribution in [2.75, 3.05) is 6.61 Å². The number of hydrogen-bond acceptors (Lipinski definition) is 2. The smallest absolute Gasteiger partial charge is 0.335 e. The molecule has 78 valence electrons. The van der Waals surface area contributed by atoms with Crippen LogP contribution in [-0.4, -0.2) is 20.8 Å². The summed E-state index contributed by atoms with van der Waals surface area (Å²) in [4.78, 5) is 0. The monoisotopic (exact) mass is 202 g/mol. The zero-order chi connectivity index (χ0) is 9.95. The normalized spacial score (nSPS) is 33.2. The van der Waals surface area contributed by atoms with E-state index in [0.717, 1.165) is 19.1 Å². The van der Waals surface area contributed by atoms with Crippen molar-refractivity contribution in [1.82, 2.24) is 0 Å². The van der Waals surface area contributed by atoms with Crippen LogP contribution in [0.25, 0.3) is 0 Å². The Morgan fingerprint density at radius 2 is 2.08 bits per heavy atom. The molecule has 0 spiro atoms. The molecule has 0 saturated carbocycles. The highest BCUT2D eigenvalue weighted by Gasteiger charge is 2.40. The molecule has 0 aromatic rings. The predicted octanol–water partition coefficient (Wildman–Crippen LogP) is 3.07. The zero-order valence-electron chi connectivity index (χ0n) is 9.35. The lowest BCUT2D eigenvalue weighted by molar-refractivity contribution is -0.00986. The largest absolute Gasteiger partial charge is 0.394 e. The second-order valence-electron chi connectivity index (χ2n) is 4.70. The highest BCUT2D eigenvalue weighted by atomic mass is 28.4. The van der Waals surface area contributed by atoms with Crippen LogP contribution >= 0.6 is 0 Å². The summed E-state index contributed by atoms with van der Waals surface area (Å²) in [6.45, 7) is 9.65. The van der Waals surface area contributed by atoms with E-state index < -0.39 is 8.56 Å². The molecule has 1 fully saturated rings. The van der Waals surface area contributed by atoms with Crippen LogP contribution in [-0.2, 0) is 8.85 Å². The third-order valence-electron chi connectivity index (χ3n) is 2.59. The predicted molar refractivity (Wildman–Crippen MR) is 57.1 cm³/mol. The number of unbranched alkanes of at least 4 members (excludes halogenated alkanes) is 1. The summed E-state index contributed by atoms with van der Waals surface area (Å²) in [6.07, 6.45) is 3.50. The summed E-state index contributed by atoms with van der Waals surface area (Å²) < 4.78 is 11.9. The highest BCUT2D eigenvalue weighted by molar-refractivity contribution is 6.66. The van der Waals surface area contributed by atoms with Crippen LogP contribution in [0.2, 0.25) is 12.6 Å². The summed E-state index contributed by atoms with van der Waals surface area (Å²) in [5.41, 5.74) is 0.0486. The summed E-state index contributed by atoms with van der Waals surface area (Å²) in [5, 5.41) is 0. The van der Waals surface area contributed by atoms with Crippen molar-refractivity contribution in [3.05, 3.63) is 0 Å². The Morgan fingerprint density at radius 3 is 2.62 bits per heavy atom.